The summed E-state index contributed by atoms with van der Waals surface area (Å²) in [6.45, 7) is 3.81. The second-order valence-corrected chi connectivity index (χ2v) is 8.10. The van der Waals surface area contributed by atoms with E-state index in [0.29, 0.717) is 24.9 Å². The van der Waals surface area contributed by atoms with Gasteiger partial charge in [-0.15, -0.1) is 0 Å². The summed E-state index contributed by atoms with van der Waals surface area (Å²) in [5.74, 6) is -0.931. The van der Waals surface area contributed by atoms with E-state index in [9.17, 15) is 19.1 Å². The minimum absolute atomic E-state index is 0.293. The second-order valence-electron chi connectivity index (χ2n) is 8.10. The molecule has 2 heterocycles. The van der Waals surface area contributed by atoms with Crippen molar-refractivity contribution in [2.24, 2.45) is 0 Å². The average Bonchev–Trinajstić information content (AvgIpc) is 3.33. The van der Waals surface area contributed by atoms with Gasteiger partial charge in [0.05, 0.1) is 24.3 Å². The highest BCUT2D eigenvalue weighted by molar-refractivity contribution is 5.90. The first-order valence-electron chi connectivity index (χ1n) is 10.5. The number of hydrogen-bond donors (Lipinski definition) is 4. The number of likely N-dealkylation sites (N-methyl/N-ethyl adjacent to an activating group) is 1. The lowest BCUT2D eigenvalue weighted by Crippen LogP contribution is -2.58. The molecule has 5 atom stereocenters. The minimum atomic E-state index is -0.877. The molecule has 1 aromatic carbocycles. The van der Waals surface area contributed by atoms with Gasteiger partial charge in [0.2, 0.25) is 11.8 Å². The van der Waals surface area contributed by atoms with E-state index in [2.05, 4.69) is 15.6 Å². The average molecular weight is 435 g/mol. The number of aliphatic hydroxyl groups excluding tert-OH is 1. The van der Waals surface area contributed by atoms with E-state index >= 15 is 0 Å². The lowest BCUT2D eigenvalue weighted by atomic mass is 10.0. The summed E-state index contributed by atoms with van der Waals surface area (Å²) in [4.78, 5) is 30.5. The number of carbonyl (C=O) groups excluding carboxylic acids is 2. The molecule has 0 radical (unpaired) electrons. The van der Waals surface area contributed by atoms with Gasteiger partial charge in [-0.25, -0.2) is 4.39 Å². The van der Waals surface area contributed by atoms with Crippen molar-refractivity contribution in [2.45, 2.75) is 57.0 Å². The predicted octanol–water partition coefficient (Wildman–Crippen LogP) is 0.939. The lowest BCUT2D eigenvalue weighted by molar-refractivity contribution is -0.141. The molecule has 8 nitrogen and oxygen atoms in total. The lowest BCUT2D eigenvalue weighted by Gasteiger charge is -2.32. The molecule has 1 aromatic heterocycles. The Labute approximate surface area is 181 Å². The van der Waals surface area contributed by atoms with Crippen molar-refractivity contribution in [1.82, 2.24) is 20.5 Å². The molecule has 0 spiro atoms. The Hall–Kier alpha value is -2.49. The summed E-state index contributed by atoms with van der Waals surface area (Å²) in [7, 11) is 3.15. The highest BCUT2D eigenvalue weighted by Crippen LogP contribution is 2.27. The van der Waals surface area contributed by atoms with Crippen molar-refractivity contribution in [3.05, 3.63) is 35.8 Å². The number of hydrogen-bond acceptors (Lipinski definition) is 5. The SMILES string of the molecule is CN[C@H](C)C(=O)NC(C(=O)N1CC[C@H](O)[C@H]1Cc1c[nH]c2cc(F)ccc12)C(C)OC. The maximum absolute atomic E-state index is 13.5. The third-order valence-electron chi connectivity index (χ3n) is 6.18. The van der Waals surface area contributed by atoms with Crippen LogP contribution in [0.5, 0.6) is 0 Å². The predicted molar refractivity (Wildman–Crippen MR) is 115 cm³/mol. The van der Waals surface area contributed by atoms with Crippen LogP contribution in [-0.2, 0) is 20.7 Å². The molecule has 2 amide bonds. The van der Waals surface area contributed by atoms with Crippen LogP contribution < -0.4 is 10.6 Å². The standard InChI is InChI=1S/C22H31FN4O4/c1-12(24-3)21(29)26-20(13(2)31-4)22(30)27-8-7-19(28)18(27)9-14-11-25-17-10-15(23)5-6-16(14)17/h5-6,10-13,18-20,24-25,28H,7-9H2,1-4H3,(H,26,29)/t12-,13?,18-,19+,20?/m1/s1. The summed E-state index contributed by atoms with van der Waals surface area (Å²) < 4.78 is 18.9. The number of H-pyrrole nitrogens is 1. The molecule has 9 heteroatoms. The number of aromatic amines is 1. The quantitative estimate of drug-likeness (QED) is 0.495. The number of ether oxygens (including phenoxy) is 1. The number of nitrogens with zero attached hydrogens (tertiary/aromatic N) is 1. The summed E-state index contributed by atoms with van der Waals surface area (Å²) >= 11 is 0. The molecule has 1 aliphatic rings. The Balaban J connectivity index is 1.82. The van der Waals surface area contributed by atoms with Crippen molar-refractivity contribution in [1.29, 1.82) is 0 Å². The van der Waals surface area contributed by atoms with Crippen molar-refractivity contribution >= 4 is 22.7 Å². The summed E-state index contributed by atoms with van der Waals surface area (Å²) in [5.41, 5.74) is 1.56. The molecule has 3 rings (SSSR count). The fraction of sp³-hybridized carbons (Fsp3) is 0.545. The summed E-state index contributed by atoms with van der Waals surface area (Å²) in [5, 5.41) is 17.1. The topological polar surface area (TPSA) is 107 Å². The number of nitrogens with one attached hydrogen (secondary N) is 3. The highest BCUT2D eigenvalue weighted by Gasteiger charge is 2.41. The number of halogens is 1. The van der Waals surface area contributed by atoms with Crippen LogP contribution in [0.2, 0.25) is 0 Å². The van der Waals surface area contributed by atoms with E-state index in [-0.39, 0.29) is 17.6 Å². The largest absolute Gasteiger partial charge is 0.391 e. The zero-order valence-electron chi connectivity index (χ0n) is 18.3. The van der Waals surface area contributed by atoms with E-state index in [1.165, 1.54) is 19.2 Å². The first-order valence-corrected chi connectivity index (χ1v) is 10.5. The molecule has 1 fully saturated rings. The van der Waals surface area contributed by atoms with Crippen LogP contribution in [-0.4, -0.2) is 77.8 Å². The maximum atomic E-state index is 13.5. The fourth-order valence-electron chi connectivity index (χ4n) is 4.01. The molecule has 2 aromatic rings. The molecular formula is C22H31FN4O4. The number of aromatic nitrogens is 1. The van der Waals surface area contributed by atoms with Crippen molar-refractivity contribution in [3.8, 4) is 0 Å². The molecule has 0 bridgehead atoms. The number of rotatable bonds is 8. The molecule has 31 heavy (non-hydrogen) atoms. The molecule has 0 saturated carbocycles. The molecule has 170 valence electrons. The Kier molecular flexibility index (Phi) is 7.30. The van der Waals surface area contributed by atoms with E-state index in [1.54, 1.807) is 38.1 Å². The third kappa shape index (κ3) is 4.89. The Morgan fingerprint density at radius 3 is 2.81 bits per heavy atom. The van der Waals surface area contributed by atoms with Gasteiger partial charge in [-0.05, 0) is 57.5 Å². The Morgan fingerprint density at radius 1 is 1.39 bits per heavy atom. The zero-order valence-corrected chi connectivity index (χ0v) is 18.3. The number of likely N-dealkylation sites (tertiary alicyclic amines) is 1. The molecule has 2 unspecified atom stereocenters. The Bertz CT molecular complexity index is 933. The number of fused-ring (bicyclic) bond motifs is 1. The van der Waals surface area contributed by atoms with E-state index in [0.717, 1.165) is 10.9 Å². The second kappa shape index (κ2) is 9.76. The van der Waals surface area contributed by atoms with E-state index < -0.39 is 30.3 Å². The van der Waals surface area contributed by atoms with Crippen LogP contribution in [0.1, 0.15) is 25.8 Å². The van der Waals surface area contributed by atoms with Gasteiger partial charge in [-0.1, -0.05) is 0 Å². The van der Waals surface area contributed by atoms with Crippen LogP contribution in [0.4, 0.5) is 4.39 Å². The fourth-order valence-corrected chi connectivity index (χ4v) is 4.01. The first kappa shape index (κ1) is 23.2. The first-order chi connectivity index (χ1) is 14.8. The maximum Gasteiger partial charge on any atom is 0.248 e. The minimum Gasteiger partial charge on any atom is -0.391 e. The van der Waals surface area contributed by atoms with Crippen molar-refractivity contribution < 1.29 is 23.8 Å². The zero-order chi connectivity index (χ0) is 22.7. The van der Waals surface area contributed by atoms with E-state index in [4.69, 9.17) is 4.74 Å². The van der Waals surface area contributed by atoms with Crippen molar-refractivity contribution in [2.75, 3.05) is 20.7 Å². The van der Waals surface area contributed by atoms with Gasteiger partial charge < -0.3 is 30.4 Å². The number of aliphatic hydroxyl groups is 1. The van der Waals surface area contributed by atoms with Crippen molar-refractivity contribution in [3.63, 3.8) is 0 Å². The van der Waals surface area contributed by atoms with Gasteiger partial charge in [-0.3, -0.25) is 9.59 Å². The van der Waals surface area contributed by atoms with Crippen LogP contribution in [0.15, 0.2) is 24.4 Å². The van der Waals surface area contributed by atoms with Crippen LogP contribution >= 0.6 is 0 Å². The number of benzene rings is 1. The molecule has 4 N–H and O–H groups in total. The van der Waals surface area contributed by atoms with Gasteiger partial charge in [0, 0.05) is 30.8 Å². The summed E-state index contributed by atoms with van der Waals surface area (Å²) in [6, 6.07) is 2.70. The molecule has 1 aliphatic heterocycles. The smallest absolute Gasteiger partial charge is 0.248 e. The number of amides is 2. The van der Waals surface area contributed by atoms with Crippen LogP contribution in [0.3, 0.4) is 0 Å². The molecule has 0 aliphatic carbocycles. The highest BCUT2D eigenvalue weighted by atomic mass is 19.1. The third-order valence-corrected chi connectivity index (χ3v) is 6.18. The normalized spacial score (nSPS) is 21.8. The number of methoxy groups -OCH3 is 1. The monoisotopic (exact) mass is 434 g/mol. The van der Waals surface area contributed by atoms with Gasteiger partial charge in [-0.2, -0.15) is 0 Å². The van der Waals surface area contributed by atoms with E-state index in [1.807, 2.05) is 0 Å². The summed E-state index contributed by atoms with van der Waals surface area (Å²) in [6.07, 6.45) is 1.40. The number of carbonyl (C=O) groups is 2. The van der Waals surface area contributed by atoms with Crippen LogP contribution in [0.25, 0.3) is 10.9 Å². The molecular weight excluding hydrogens is 403 g/mol. The van der Waals surface area contributed by atoms with Gasteiger partial charge >= 0.3 is 0 Å². The van der Waals surface area contributed by atoms with Gasteiger partial charge in [0.1, 0.15) is 11.9 Å². The molecule has 1 saturated heterocycles. The van der Waals surface area contributed by atoms with Crippen LogP contribution in [0, 0.1) is 5.82 Å². The Morgan fingerprint density at radius 2 is 2.13 bits per heavy atom. The van der Waals surface area contributed by atoms with Gasteiger partial charge in [0.15, 0.2) is 0 Å². The van der Waals surface area contributed by atoms with Gasteiger partial charge in [0.25, 0.3) is 0 Å².